The quantitative estimate of drug-likeness (QED) is 0.534. The predicted molar refractivity (Wildman–Crippen MR) is 128 cm³/mol. The molecule has 1 N–H and O–H groups in total. The van der Waals surface area contributed by atoms with E-state index in [1.54, 1.807) is 28.0 Å². The van der Waals surface area contributed by atoms with E-state index in [0.29, 0.717) is 43.1 Å². The van der Waals surface area contributed by atoms with Gasteiger partial charge in [-0.25, -0.2) is 9.18 Å². The molecule has 1 atom stereocenters. The van der Waals surface area contributed by atoms with Crippen molar-refractivity contribution in [1.82, 2.24) is 14.7 Å². The number of rotatable bonds is 4. The van der Waals surface area contributed by atoms with Crippen LogP contribution in [0.5, 0.6) is 0 Å². The Kier molecular flexibility index (Phi) is 5.29. The number of fused-ring (bicyclic) bond motifs is 2. The van der Waals surface area contributed by atoms with Crippen LogP contribution in [0.25, 0.3) is 0 Å². The fourth-order valence-electron chi connectivity index (χ4n) is 5.24. The Labute approximate surface area is 206 Å². The third-order valence-corrected chi connectivity index (χ3v) is 7.33. The molecule has 2 amide bonds. The van der Waals surface area contributed by atoms with Gasteiger partial charge in [-0.1, -0.05) is 35.9 Å². The molecule has 3 aromatic rings. The van der Waals surface area contributed by atoms with E-state index in [0.717, 1.165) is 5.56 Å². The number of nitrogens with zero attached hydrogens (tertiary/aromatic N) is 3. The molecule has 3 aliphatic rings. The third-order valence-electron chi connectivity index (χ3n) is 7.04. The van der Waals surface area contributed by atoms with Gasteiger partial charge in [0.05, 0.1) is 41.1 Å². The summed E-state index contributed by atoms with van der Waals surface area (Å²) < 4.78 is 22.5. The lowest BCUT2D eigenvalue weighted by Gasteiger charge is -2.45. The number of nitrogens with one attached hydrogen (secondary N) is 1. The Bertz CT molecular complexity index is 1340. The summed E-state index contributed by atoms with van der Waals surface area (Å²) in [7, 11) is 0. The zero-order valence-corrected chi connectivity index (χ0v) is 19.7. The number of halogens is 2. The molecule has 7 nitrogen and oxygen atoms in total. The van der Waals surface area contributed by atoms with Gasteiger partial charge in [0, 0.05) is 12.7 Å². The molecule has 9 heteroatoms. The molecule has 0 radical (unpaired) electrons. The molecule has 1 saturated carbocycles. The van der Waals surface area contributed by atoms with Crippen molar-refractivity contribution in [3.05, 3.63) is 81.9 Å². The molecule has 6 rings (SSSR count). The van der Waals surface area contributed by atoms with Gasteiger partial charge in [0.1, 0.15) is 0 Å². The van der Waals surface area contributed by atoms with Gasteiger partial charge in [0.2, 0.25) is 0 Å². The minimum Gasteiger partial charge on any atom is -0.436 e. The molecular formula is C26H24ClFN4O3. The standard InChI is InChI=1S/C26H24ClFN4O3/c27-20-7-8-21-22(23(20)28)26(35-25(34)30-21)9-2-10-31(15-26)24(33)19-12-29-32(14-19)13-16-3-1-4-18(11-16)17-5-6-17/h1,3-4,7-8,11-12,14,17H,2,5-6,9-10,13,15H2,(H,30,34)/t26-/m0/s1. The lowest BCUT2D eigenvalue weighted by Crippen LogP contribution is -2.53. The molecule has 1 aliphatic carbocycles. The number of carbonyl (C=O) groups is 2. The summed E-state index contributed by atoms with van der Waals surface area (Å²) in [5.74, 6) is -0.203. The molecule has 2 fully saturated rings. The maximum absolute atomic E-state index is 15.1. The van der Waals surface area contributed by atoms with Crippen molar-refractivity contribution in [3.8, 4) is 0 Å². The van der Waals surface area contributed by atoms with Crippen molar-refractivity contribution in [1.29, 1.82) is 0 Å². The Hall–Kier alpha value is -3.39. The number of piperidine rings is 1. The second-order valence-corrected chi connectivity index (χ2v) is 9.98. The van der Waals surface area contributed by atoms with Crippen molar-refractivity contribution in [2.75, 3.05) is 18.4 Å². The number of anilines is 1. The highest BCUT2D eigenvalue weighted by molar-refractivity contribution is 6.31. The van der Waals surface area contributed by atoms with E-state index < -0.39 is 17.5 Å². The largest absolute Gasteiger partial charge is 0.436 e. The monoisotopic (exact) mass is 494 g/mol. The van der Waals surface area contributed by atoms with Crippen LogP contribution in [0.2, 0.25) is 5.02 Å². The lowest BCUT2D eigenvalue weighted by atomic mass is 9.83. The topological polar surface area (TPSA) is 76.5 Å². The number of benzene rings is 2. The number of hydrogen-bond donors (Lipinski definition) is 1. The summed E-state index contributed by atoms with van der Waals surface area (Å²) in [6.07, 6.45) is 6.04. The molecule has 35 heavy (non-hydrogen) atoms. The van der Waals surface area contributed by atoms with Crippen molar-refractivity contribution in [2.45, 2.75) is 43.7 Å². The van der Waals surface area contributed by atoms with Crippen LogP contribution < -0.4 is 5.32 Å². The smallest absolute Gasteiger partial charge is 0.412 e. The van der Waals surface area contributed by atoms with E-state index in [1.165, 1.54) is 24.5 Å². The van der Waals surface area contributed by atoms with Crippen molar-refractivity contribution in [3.63, 3.8) is 0 Å². The van der Waals surface area contributed by atoms with E-state index in [-0.39, 0.29) is 23.0 Å². The van der Waals surface area contributed by atoms with Crippen LogP contribution in [-0.4, -0.2) is 39.8 Å². The second-order valence-electron chi connectivity index (χ2n) is 9.57. The number of hydrogen-bond acceptors (Lipinski definition) is 4. The zero-order valence-electron chi connectivity index (χ0n) is 19.0. The van der Waals surface area contributed by atoms with Crippen molar-refractivity contribution < 1.29 is 18.7 Å². The highest BCUT2D eigenvalue weighted by Gasteiger charge is 2.48. The first-order chi connectivity index (χ1) is 16.9. The second kappa shape index (κ2) is 8.37. The molecule has 1 saturated heterocycles. The van der Waals surface area contributed by atoms with Gasteiger partial charge in [0.15, 0.2) is 11.4 Å². The molecular weight excluding hydrogens is 471 g/mol. The first-order valence-electron chi connectivity index (χ1n) is 11.8. The van der Waals surface area contributed by atoms with E-state index in [2.05, 4.69) is 34.7 Å². The number of amides is 2. The van der Waals surface area contributed by atoms with Crippen LogP contribution in [0.3, 0.4) is 0 Å². The molecule has 180 valence electrons. The van der Waals surface area contributed by atoms with Gasteiger partial charge in [-0.3, -0.25) is 14.8 Å². The van der Waals surface area contributed by atoms with Crippen LogP contribution in [0.1, 0.15) is 58.6 Å². The van der Waals surface area contributed by atoms with Gasteiger partial charge in [0.25, 0.3) is 5.91 Å². The van der Waals surface area contributed by atoms with Gasteiger partial charge in [-0.05, 0) is 54.9 Å². The summed E-state index contributed by atoms with van der Waals surface area (Å²) in [6, 6.07) is 11.5. The minimum absolute atomic E-state index is 0.0398. The number of aromatic nitrogens is 2. The number of likely N-dealkylation sites (tertiary alicyclic amines) is 1. The van der Waals surface area contributed by atoms with E-state index in [4.69, 9.17) is 16.3 Å². The van der Waals surface area contributed by atoms with Crippen molar-refractivity contribution in [2.24, 2.45) is 0 Å². The number of ether oxygens (including phenoxy) is 1. The predicted octanol–water partition coefficient (Wildman–Crippen LogP) is 5.29. The summed E-state index contributed by atoms with van der Waals surface area (Å²) in [4.78, 5) is 27.3. The molecule has 1 aromatic heterocycles. The van der Waals surface area contributed by atoms with Gasteiger partial charge in [-0.2, -0.15) is 5.10 Å². The SMILES string of the molecule is O=C1Nc2ccc(Cl)c(F)c2[C@@]2(CCCN(C(=O)c3cnn(Cc4cccc(C5CC5)c4)c3)C2)O1. The average Bonchev–Trinajstić information content (AvgIpc) is 3.60. The first-order valence-corrected chi connectivity index (χ1v) is 12.2. The van der Waals surface area contributed by atoms with E-state index >= 15 is 4.39 Å². The fourth-order valence-corrected chi connectivity index (χ4v) is 5.40. The Morgan fingerprint density at radius 3 is 2.97 bits per heavy atom. The fraction of sp³-hybridized carbons (Fsp3) is 0.346. The minimum atomic E-state index is -1.29. The summed E-state index contributed by atoms with van der Waals surface area (Å²) >= 11 is 6.04. The van der Waals surface area contributed by atoms with Crippen LogP contribution in [0.4, 0.5) is 14.9 Å². The normalized spacial score (nSPS) is 21.4. The van der Waals surface area contributed by atoms with Gasteiger partial charge < -0.3 is 9.64 Å². The number of carbonyl (C=O) groups excluding carboxylic acids is 2. The van der Waals surface area contributed by atoms with Gasteiger partial charge in [-0.15, -0.1) is 0 Å². The molecule has 0 unspecified atom stereocenters. The molecule has 1 spiro atoms. The molecule has 2 aromatic carbocycles. The van der Waals surface area contributed by atoms with Gasteiger partial charge >= 0.3 is 6.09 Å². The Morgan fingerprint density at radius 2 is 2.14 bits per heavy atom. The molecule has 0 bridgehead atoms. The van der Waals surface area contributed by atoms with E-state index in [9.17, 15) is 9.59 Å². The van der Waals surface area contributed by atoms with Crippen LogP contribution in [0, 0.1) is 5.82 Å². The van der Waals surface area contributed by atoms with E-state index in [1.807, 2.05) is 0 Å². The Balaban J connectivity index is 1.23. The van der Waals surface area contributed by atoms with Crippen LogP contribution in [0.15, 0.2) is 48.8 Å². The summed E-state index contributed by atoms with van der Waals surface area (Å²) in [5, 5.41) is 6.87. The highest BCUT2D eigenvalue weighted by Crippen LogP contribution is 2.45. The zero-order chi connectivity index (χ0) is 24.2. The van der Waals surface area contributed by atoms with Crippen LogP contribution in [-0.2, 0) is 16.9 Å². The maximum Gasteiger partial charge on any atom is 0.412 e. The summed E-state index contributed by atoms with van der Waals surface area (Å²) in [5.41, 5.74) is 2.15. The molecule has 2 aliphatic heterocycles. The molecule has 3 heterocycles. The third kappa shape index (κ3) is 4.05. The first kappa shape index (κ1) is 22.1. The average molecular weight is 495 g/mol. The lowest BCUT2D eigenvalue weighted by molar-refractivity contribution is -0.0418. The summed E-state index contributed by atoms with van der Waals surface area (Å²) in [6.45, 7) is 1.08. The van der Waals surface area contributed by atoms with Crippen LogP contribution >= 0.6 is 11.6 Å². The highest BCUT2D eigenvalue weighted by atomic mass is 35.5. The van der Waals surface area contributed by atoms with Crippen molar-refractivity contribution >= 4 is 29.3 Å². The Morgan fingerprint density at radius 1 is 1.29 bits per heavy atom. The maximum atomic E-state index is 15.1.